The Balaban J connectivity index is 0.00000300. The summed E-state index contributed by atoms with van der Waals surface area (Å²) in [4.78, 5) is 22.7. The normalized spacial score (nSPS) is 17.7. The fraction of sp³-hybridized carbons (Fsp3) is 0.300. The van der Waals surface area contributed by atoms with Gasteiger partial charge in [0.15, 0.2) is 6.04 Å². The molecule has 0 aliphatic carbocycles. The summed E-state index contributed by atoms with van der Waals surface area (Å²) >= 11 is 12.6. The van der Waals surface area contributed by atoms with Gasteiger partial charge >= 0.3 is 5.97 Å². The molecule has 2 atom stereocenters. The molecule has 3 rings (SSSR count). The van der Waals surface area contributed by atoms with Crippen molar-refractivity contribution in [1.29, 1.82) is 0 Å². The number of hydrogen-bond acceptors (Lipinski definition) is 5. The number of aryl methyl sites for hydroxylation is 1. The summed E-state index contributed by atoms with van der Waals surface area (Å²) in [6, 6.07) is 10.2. The predicted octanol–water partition coefficient (Wildman–Crippen LogP) is 4.50. The quantitative estimate of drug-likeness (QED) is 0.493. The molecule has 0 radical (unpaired) electrons. The number of carboxylic acid groups (broad SMARTS) is 1. The van der Waals surface area contributed by atoms with Crippen molar-refractivity contribution < 1.29 is 14.7 Å². The smallest absolute Gasteiger partial charge is 0.328 e. The van der Waals surface area contributed by atoms with Crippen LogP contribution in [0.4, 0.5) is 5.69 Å². The zero-order valence-electron chi connectivity index (χ0n) is 15.3. The van der Waals surface area contributed by atoms with Crippen LogP contribution in [0.2, 0.25) is 10.0 Å². The maximum absolute atomic E-state index is 11.8. The number of isocyanates is 1. The van der Waals surface area contributed by atoms with E-state index in [9.17, 15) is 14.7 Å². The summed E-state index contributed by atoms with van der Waals surface area (Å²) in [5.74, 6) is -1.19. The van der Waals surface area contributed by atoms with E-state index in [0.29, 0.717) is 28.7 Å². The minimum absolute atomic E-state index is 0. The maximum Gasteiger partial charge on any atom is 0.328 e. The lowest BCUT2D eigenvalue weighted by molar-refractivity contribution is -0.139. The van der Waals surface area contributed by atoms with E-state index >= 15 is 0 Å². The summed E-state index contributed by atoms with van der Waals surface area (Å²) in [6.07, 6.45) is 3.14. The van der Waals surface area contributed by atoms with Gasteiger partial charge in [0.25, 0.3) is 6.08 Å². The monoisotopic (exact) mass is 455 g/mol. The second-order valence-corrected chi connectivity index (χ2v) is 7.55. The molecular weight excluding hydrogens is 437 g/mol. The van der Waals surface area contributed by atoms with E-state index < -0.39 is 12.0 Å². The molecule has 0 saturated heterocycles. The fourth-order valence-electron chi connectivity index (χ4n) is 3.64. The molecule has 3 N–H and O–H groups in total. The Morgan fingerprint density at radius 1 is 1.24 bits per heavy atom. The number of aliphatic carboxylic acids is 1. The second-order valence-electron chi connectivity index (χ2n) is 6.70. The third kappa shape index (κ3) is 5.10. The number of fused-ring (bicyclic) bond motifs is 1. The third-order valence-corrected chi connectivity index (χ3v) is 5.54. The molecule has 1 heterocycles. The molecule has 154 valence electrons. The predicted molar refractivity (Wildman–Crippen MR) is 116 cm³/mol. The first kappa shape index (κ1) is 23.2. The summed E-state index contributed by atoms with van der Waals surface area (Å²) in [6.45, 7) is 0.486. The van der Waals surface area contributed by atoms with Crippen LogP contribution < -0.4 is 10.7 Å². The molecule has 0 fully saturated rings. The highest BCUT2D eigenvalue weighted by Crippen LogP contribution is 2.46. The Morgan fingerprint density at radius 2 is 1.90 bits per heavy atom. The number of rotatable bonds is 6. The van der Waals surface area contributed by atoms with Gasteiger partial charge in [-0.1, -0.05) is 52.6 Å². The molecular formula is C20H20Cl3N3O3. The van der Waals surface area contributed by atoms with E-state index in [1.807, 2.05) is 24.3 Å². The number of nitrogens with zero attached hydrogens (tertiary/aromatic N) is 2. The molecule has 1 aliphatic rings. The standard InChI is InChI=1S/C20H19Cl2N3O3.ClH/c21-15-8-16(22)19-14(6-5-12-1-3-13(10-23)4-2-12)7-18(20(27)28)25(24-11-26)17(19)9-15;/h1-4,8-9,14,18H,5-7,10,23H2,(H,27,28);1H/t14-,18+;/m0./s1. The van der Waals surface area contributed by atoms with Crippen LogP contribution in [0.15, 0.2) is 41.5 Å². The van der Waals surface area contributed by atoms with Crippen LogP contribution >= 0.6 is 35.6 Å². The highest BCUT2D eigenvalue weighted by atomic mass is 35.5. The lowest BCUT2D eigenvalue weighted by Gasteiger charge is -2.37. The van der Waals surface area contributed by atoms with Crippen molar-refractivity contribution in [2.45, 2.75) is 37.8 Å². The first-order chi connectivity index (χ1) is 13.4. The molecule has 0 amide bonds. The summed E-state index contributed by atoms with van der Waals surface area (Å²) in [5, 5.41) is 15.2. The number of carboxylic acids is 1. The van der Waals surface area contributed by atoms with Gasteiger partial charge in [-0.25, -0.2) is 14.6 Å². The van der Waals surface area contributed by atoms with E-state index in [-0.39, 0.29) is 24.7 Å². The van der Waals surface area contributed by atoms with Gasteiger partial charge in [-0.3, -0.25) is 0 Å². The number of hydrazone groups is 1. The zero-order chi connectivity index (χ0) is 20.3. The molecule has 2 aromatic carbocycles. The summed E-state index contributed by atoms with van der Waals surface area (Å²) < 4.78 is 0. The largest absolute Gasteiger partial charge is 0.480 e. The van der Waals surface area contributed by atoms with Crippen LogP contribution in [0.3, 0.4) is 0 Å². The molecule has 0 saturated carbocycles. The molecule has 0 spiro atoms. The van der Waals surface area contributed by atoms with Crippen molar-refractivity contribution in [3.05, 3.63) is 63.1 Å². The molecule has 0 unspecified atom stereocenters. The molecule has 0 aromatic heterocycles. The van der Waals surface area contributed by atoms with Crippen LogP contribution in [0.25, 0.3) is 0 Å². The van der Waals surface area contributed by atoms with Gasteiger partial charge in [-0.2, -0.15) is 0 Å². The van der Waals surface area contributed by atoms with Crippen molar-refractivity contribution in [1.82, 2.24) is 0 Å². The number of anilines is 1. The Hall–Kier alpha value is -2.08. The van der Waals surface area contributed by atoms with Crippen molar-refractivity contribution in [2.75, 3.05) is 5.01 Å². The lowest BCUT2D eigenvalue weighted by atomic mass is 9.82. The number of benzene rings is 2. The van der Waals surface area contributed by atoms with E-state index in [2.05, 4.69) is 5.10 Å². The van der Waals surface area contributed by atoms with E-state index in [1.165, 1.54) is 6.08 Å². The van der Waals surface area contributed by atoms with E-state index in [1.54, 1.807) is 12.1 Å². The van der Waals surface area contributed by atoms with Gasteiger partial charge in [-0.15, -0.1) is 12.4 Å². The molecule has 1 aliphatic heterocycles. The Morgan fingerprint density at radius 3 is 2.48 bits per heavy atom. The molecule has 9 heteroatoms. The Kier molecular flexibility index (Phi) is 8.08. The third-order valence-electron chi connectivity index (χ3n) is 5.00. The van der Waals surface area contributed by atoms with E-state index in [4.69, 9.17) is 28.9 Å². The first-order valence-corrected chi connectivity index (χ1v) is 9.56. The topological polar surface area (TPSA) is 96.0 Å². The van der Waals surface area contributed by atoms with Gasteiger partial charge in [-0.05, 0) is 54.0 Å². The van der Waals surface area contributed by atoms with Crippen LogP contribution in [0.1, 0.15) is 35.4 Å². The highest BCUT2D eigenvalue weighted by molar-refractivity contribution is 6.35. The number of hydrogen-bond donors (Lipinski definition) is 2. The average Bonchev–Trinajstić information content (AvgIpc) is 2.67. The summed E-state index contributed by atoms with van der Waals surface area (Å²) in [5.41, 5.74) is 9.00. The molecule has 2 aromatic rings. The Labute approximate surface area is 184 Å². The van der Waals surface area contributed by atoms with Crippen molar-refractivity contribution in [3.63, 3.8) is 0 Å². The van der Waals surface area contributed by atoms with Gasteiger partial charge in [0.2, 0.25) is 0 Å². The van der Waals surface area contributed by atoms with Gasteiger partial charge in [0, 0.05) is 16.6 Å². The number of carbonyl (C=O) groups excluding carboxylic acids is 1. The van der Waals surface area contributed by atoms with Crippen molar-refractivity contribution >= 4 is 53.3 Å². The minimum atomic E-state index is -1.07. The van der Waals surface area contributed by atoms with Crippen molar-refractivity contribution in [3.8, 4) is 0 Å². The first-order valence-electron chi connectivity index (χ1n) is 8.81. The van der Waals surface area contributed by atoms with Crippen LogP contribution in [-0.4, -0.2) is 23.2 Å². The van der Waals surface area contributed by atoms with Crippen molar-refractivity contribution in [2.24, 2.45) is 10.8 Å². The van der Waals surface area contributed by atoms with Crippen LogP contribution in [-0.2, 0) is 22.6 Å². The minimum Gasteiger partial charge on any atom is -0.480 e. The van der Waals surface area contributed by atoms with Gasteiger partial charge in [0.1, 0.15) is 0 Å². The number of halogens is 3. The molecule has 0 bridgehead atoms. The lowest BCUT2D eigenvalue weighted by Crippen LogP contribution is -2.42. The molecule has 6 nitrogen and oxygen atoms in total. The highest BCUT2D eigenvalue weighted by Gasteiger charge is 2.38. The Bertz CT molecular complexity index is 931. The van der Waals surface area contributed by atoms with Gasteiger partial charge < -0.3 is 10.8 Å². The second kappa shape index (κ2) is 10.1. The fourth-order valence-corrected chi connectivity index (χ4v) is 4.27. The van der Waals surface area contributed by atoms with E-state index in [0.717, 1.165) is 28.1 Å². The average molecular weight is 457 g/mol. The maximum atomic E-state index is 11.8. The zero-order valence-corrected chi connectivity index (χ0v) is 17.7. The van der Waals surface area contributed by atoms with Crippen LogP contribution in [0.5, 0.6) is 0 Å². The molecule has 29 heavy (non-hydrogen) atoms. The SMILES string of the molecule is Cl.NCc1ccc(CC[C@H]2C[C@H](C(=O)O)N(N=C=O)c3cc(Cl)cc(Cl)c32)cc1. The summed E-state index contributed by atoms with van der Waals surface area (Å²) in [7, 11) is 0. The van der Waals surface area contributed by atoms with Gasteiger partial charge in [0.05, 0.1) is 5.69 Å². The number of carbonyl (C=O) groups is 1. The van der Waals surface area contributed by atoms with Crippen LogP contribution in [0, 0.1) is 0 Å². The number of nitrogens with two attached hydrogens (primary N) is 1.